The Kier molecular flexibility index (Phi) is 4.96. The van der Waals surface area contributed by atoms with Crippen molar-refractivity contribution in [3.63, 3.8) is 0 Å². The van der Waals surface area contributed by atoms with Crippen molar-refractivity contribution >= 4 is 22.6 Å². The highest BCUT2D eigenvalue weighted by Gasteiger charge is 2.36. The van der Waals surface area contributed by atoms with Crippen molar-refractivity contribution in [3.8, 4) is 6.07 Å². The molecular formula is C21H22N6O. The van der Waals surface area contributed by atoms with Gasteiger partial charge in [-0.2, -0.15) is 5.26 Å². The maximum absolute atomic E-state index is 12.5. The average molecular weight is 374 g/mol. The van der Waals surface area contributed by atoms with E-state index in [4.69, 9.17) is 0 Å². The quantitative estimate of drug-likeness (QED) is 0.636. The molecule has 3 aromatic rings. The average Bonchev–Trinajstić information content (AvgIpc) is 3.34. The predicted molar refractivity (Wildman–Crippen MR) is 108 cm³/mol. The molecule has 7 heteroatoms. The third kappa shape index (κ3) is 3.55. The molecule has 1 saturated heterocycles. The minimum atomic E-state index is -0.223. The molecular weight excluding hydrogens is 352 g/mol. The van der Waals surface area contributed by atoms with Crippen LogP contribution in [0.3, 0.4) is 0 Å². The number of fused-ring (bicyclic) bond motifs is 1. The molecule has 0 radical (unpaired) electrons. The molecule has 1 amide bonds. The molecule has 4 rings (SSSR count). The van der Waals surface area contributed by atoms with Crippen molar-refractivity contribution in [1.29, 1.82) is 5.26 Å². The van der Waals surface area contributed by atoms with Crippen molar-refractivity contribution in [2.24, 2.45) is 0 Å². The molecule has 1 aliphatic rings. The number of likely N-dealkylation sites (N-methyl/N-ethyl adjacent to an activating group) is 1. The SMILES string of the molecule is CNC(=O)[C@@H]1C[C@@H](Nc2ncccc2C#N)CN1Cc1ccc2[nH]ccc2c1. The van der Waals surface area contributed by atoms with Crippen LogP contribution in [-0.2, 0) is 11.3 Å². The Balaban J connectivity index is 1.53. The number of pyridine rings is 1. The molecule has 3 heterocycles. The highest BCUT2D eigenvalue weighted by molar-refractivity contribution is 5.82. The molecule has 2 aromatic heterocycles. The zero-order valence-electron chi connectivity index (χ0n) is 15.6. The third-order valence-corrected chi connectivity index (χ3v) is 5.22. The van der Waals surface area contributed by atoms with Crippen molar-refractivity contribution in [2.45, 2.75) is 25.0 Å². The summed E-state index contributed by atoms with van der Waals surface area (Å²) in [7, 11) is 1.67. The number of likely N-dealkylation sites (tertiary alicyclic amines) is 1. The lowest BCUT2D eigenvalue weighted by Crippen LogP contribution is -2.41. The number of nitrogens with one attached hydrogen (secondary N) is 3. The van der Waals surface area contributed by atoms with E-state index in [2.05, 4.69) is 49.8 Å². The molecule has 7 nitrogen and oxygen atoms in total. The van der Waals surface area contributed by atoms with Gasteiger partial charge in [-0.15, -0.1) is 0 Å². The van der Waals surface area contributed by atoms with Crippen LogP contribution in [-0.4, -0.2) is 46.5 Å². The van der Waals surface area contributed by atoms with Gasteiger partial charge in [0, 0.05) is 44.1 Å². The molecule has 28 heavy (non-hydrogen) atoms. The van der Waals surface area contributed by atoms with Crippen LogP contribution < -0.4 is 10.6 Å². The molecule has 0 saturated carbocycles. The summed E-state index contributed by atoms with van der Waals surface area (Å²) < 4.78 is 0. The van der Waals surface area contributed by atoms with E-state index in [9.17, 15) is 10.1 Å². The highest BCUT2D eigenvalue weighted by Crippen LogP contribution is 2.25. The number of hydrogen-bond donors (Lipinski definition) is 3. The predicted octanol–water partition coefficient (Wildman–Crippen LogP) is 2.24. The fourth-order valence-electron chi connectivity index (χ4n) is 3.86. The Morgan fingerprint density at radius 2 is 2.29 bits per heavy atom. The Morgan fingerprint density at radius 3 is 3.11 bits per heavy atom. The number of carbonyl (C=O) groups excluding carboxylic acids is 1. The van der Waals surface area contributed by atoms with E-state index in [0.29, 0.717) is 30.9 Å². The van der Waals surface area contributed by atoms with Gasteiger partial charge in [-0.3, -0.25) is 9.69 Å². The van der Waals surface area contributed by atoms with Gasteiger partial charge in [0.2, 0.25) is 5.91 Å². The topological polar surface area (TPSA) is 96.8 Å². The lowest BCUT2D eigenvalue weighted by atomic mass is 10.1. The fraction of sp³-hybridized carbons (Fsp3) is 0.286. The second-order valence-electron chi connectivity index (χ2n) is 7.05. The molecule has 1 aromatic carbocycles. The van der Waals surface area contributed by atoms with Crippen LogP contribution in [0.15, 0.2) is 48.8 Å². The van der Waals surface area contributed by atoms with Crippen molar-refractivity contribution in [3.05, 3.63) is 59.9 Å². The number of rotatable bonds is 5. The lowest BCUT2D eigenvalue weighted by molar-refractivity contribution is -0.125. The number of nitrogens with zero attached hydrogens (tertiary/aromatic N) is 3. The number of hydrogen-bond acceptors (Lipinski definition) is 5. The van der Waals surface area contributed by atoms with Crippen molar-refractivity contribution in [2.75, 3.05) is 18.9 Å². The summed E-state index contributed by atoms with van der Waals surface area (Å²) >= 11 is 0. The smallest absolute Gasteiger partial charge is 0.237 e. The zero-order valence-corrected chi connectivity index (χ0v) is 15.6. The molecule has 1 fully saturated rings. The summed E-state index contributed by atoms with van der Waals surface area (Å²) in [4.78, 5) is 22.1. The van der Waals surface area contributed by atoms with Crippen LogP contribution in [0, 0.1) is 11.3 Å². The van der Waals surface area contributed by atoms with Crippen molar-refractivity contribution in [1.82, 2.24) is 20.2 Å². The van der Waals surface area contributed by atoms with Crippen LogP contribution in [0.5, 0.6) is 0 Å². The van der Waals surface area contributed by atoms with Crippen molar-refractivity contribution < 1.29 is 4.79 Å². The summed E-state index contributed by atoms with van der Waals surface area (Å²) in [5, 5.41) is 16.6. The Labute approximate surface area is 163 Å². The van der Waals surface area contributed by atoms with Crippen LogP contribution in [0.4, 0.5) is 5.82 Å². The van der Waals surface area contributed by atoms with E-state index >= 15 is 0 Å². The summed E-state index contributed by atoms with van der Waals surface area (Å²) in [5.74, 6) is 0.579. The minimum Gasteiger partial charge on any atom is -0.365 e. The Bertz CT molecular complexity index is 1040. The van der Waals surface area contributed by atoms with Crippen LogP contribution >= 0.6 is 0 Å². The summed E-state index contributed by atoms with van der Waals surface area (Å²) in [6, 6.07) is 13.8. The maximum atomic E-state index is 12.5. The zero-order chi connectivity index (χ0) is 19.5. The molecule has 142 valence electrons. The molecule has 3 N–H and O–H groups in total. The number of benzene rings is 1. The summed E-state index contributed by atoms with van der Waals surface area (Å²) in [6.07, 6.45) is 4.25. The molecule has 1 aliphatic heterocycles. The Hall–Kier alpha value is -3.37. The second-order valence-corrected chi connectivity index (χ2v) is 7.05. The monoisotopic (exact) mass is 374 g/mol. The van der Waals surface area contributed by atoms with Gasteiger partial charge in [-0.1, -0.05) is 6.07 Å². The van der Waals surface area contributed by atoms with E-state index in [-0.39, 0.29) is 18.0 Å². The number of amides is 1. The van der Waals surface area contributed by atoms with E-state index in [1.165, 1.54) is 0 Å². The molecule has 0 spiro atoms. The van der Waals surface area contributed by atoms with E-state index in [1.54, 1.807) is 25.4 Å². The van der Waals surface area contributed by atoms with E-state index in [0.717, 1.165) is 16.5 Å². The van der Waals surface area contributed by atoms with Gasteiger partial charge in [0.1, 0.15) is 11.9 Å². The van der Waals surface area contributed by atoms with Gasteiger partial charge in [0.15, 0.2) is 0 Å². The molecule has 0 bridgehead atoms. The summed E-state index contributed by atoms with van der Waals surface area (Å²) in [5.41, 5.74) is 2.78. The Morgan fingerprint density at radius 1 is 1.39 bits per heavy atom. The number of carbonyl (C=O) groups is 1. The normalized spacial score (nSPS) is 19.4. The number of aromatic nitrogens is 2. The van der Waals surface area contributed by atoms with E-state index < -0.39 is 0 Å². The van der Waals surface area contributed by atoms with Crippen LogP contribution in [0.1, 0.15) is 17.5 Å². The van der Waals surface area contributed by atoms with Gasteiger partial charge in [0.25, 0.3) is 0 Å². The minimum absolute atomic E-state index is 0.00792. The summed E-state index contributed by atoms with van der Waals surface area (Å²) in [6.45, 7) is 1.38. The first-order valence-corrected chi connectivity index (χ1v) is 9.31. The molecule has 0 aliphatic carbocycles. The maximum Gasteiger partial charge on any atom is 0.237 e. The second kappa shape index (κ2) is 7.71. The highest BCUT2D eigenvalue weighted by atomic mass is 16.2. The molecule has 0 unspecified atom stereocenters. The lowest BCUT2D eigenvalue weighted by Gasteiger charge is -2.23. The van der Waals surface area contributed by atoms with Gasteiger partial charge in [-0.25, -0.2) is 4.98 Å². The molecule has 2 atom stereocenters. The first kappa shape index (κ1) is 18.0. The third-order valence-electron chi connectivity index (χ3n) is 5.22. The van der Waals surface area contributed by atoms with Gasteiger partial charge in [-0.05, 0) is 47.7 Å². The standard InChI is InChI=1S/C21H22N6O/c1-23-21(28)19-10-17(26-20-16(11-22)3-2-7-25-20)13-27(19)12-14-4-5-18-15(9-14)6-8-24-18/h2-9,17,19,24H,10,12-13H2,1H3,(H,23,28)(H,25,26)/t17-,19+/m1/s1. The van der Waals surface area contributed by atoms with Crippen LogP contribution in [0.2, 0.25) is 0 Å². The van der Waals surface area contributed by atoms with Crippen LogP contribution in [0.25, 0.3) is 10.9 Å². The van der Waals surface area contributed by atoms with Gasteiger partial charge in [0.05, 0.1) is 11.6 Å². The largest absolute Gasteiger partial charge is 0.365 e. The van der Waals surface area contributed by atoms with E-state index in [1.807, 2.05) is 12.3 Å². The number of H-pyrrole nitrogens is 1. The van der Waals surface area contributed by atoms with Gasteiger partial charge >= 0.3 is 0 Å². The number of aromatic amines is 1. The number of anilines is 1. The first-order valence-electron chi connectivity index (χ1n) is 9.31. The first-order chi connectivity index (χ1) is 13.7. The number of nitriles is 1. The van der Waals surface area contributed by atoms with Gasteiger partial charge < -0.3 is 15.6 Å². The fourth-order valence-corrected chi connectivity index (χ4v) is 3.86.